The molecule has 108 valence electrons. The Morgan fingerprint density at radius 2 is 2.00 bits per heavy atom. The molecule has 2 rings (SSSR count). The van der Waals surface area contributed by atoms with E-state index in [0.717, 1.165) is 11.3 Å². The number of benzene rings is 2. The van der Waals surface area contributed by atoms with Gasteiger partial charge in [0.25, 0.3) is 0 Å². The minimum Gasteiger partial charge on any atom is -0.367 e. The predicted molar refractivity (Wildman–Crippen MR) is 87.0 cm³/mol. The van der Waals surface area contributed by atoms with E-state index in [-0.39, 0.29) is 11.9 Å². The van der Waals surface area contributed by atoms with Gasteiger partial charge < -0.3 is 4.90 Å². The third-order valence-electron chi connectivity index (χ3n) is 3.65. The van der Waals surface area contributed by atoms with E-state index in [0.29, 0.717) is 16.5 Å². The lowest BCUT2D eigenvalue weighted by Crippen LogP contribution is -2.23. The Labute approximate surface area is 132 Å². The fourth-order valence-corrected chi connectivity index (χ4v) is 2.64. The molecule has 0 saturated carbocycles. The summed E-state index contributed by atoms with van der Waals surface area (Å²) in [5.41, 5.74) is 3.06. The summed E-state index contributed by atoms with van der Waals surface area (Å²) in [6.45, 7) is 1.93. The first-order valence-corrected chi connectivity index (χ1v) is 7.77. The summed E-state index contributed by atoms with van der Waals surface area (Å²) in [5.74, 6) is -0.229. The molecule has 0 N–H and O–H groups in total. The first kappa shape index (κ1) is 15.5. The molecule has 0 fully saturated rings. The van der Waals surface area contributed by atoms with Gasteiger partial charge in [0.05, 0.1) is 17.3 Å². The van der Waals surface area contributed by atoms with Gasteiger partial charge >= 0.3 is 0 Å². The van der Waals surface area contributed by atoms with Gasteiger partial charge in [-0.1, -0.05) is 40.2 Å². The van der Waals surface area contributed by atoms with Crippen LogP contribution in [0.2, 0.25) is 0 Å². The largest absolute Gasteiger partial charge is 0.367 e. The van der Waals surface area contributed by atoms with Crippen molar-refractivity contribution in [2.45, 2.75) is 18.3 Å². The van der Waals surface area contributed by atoms with Crippen molar-refractivity contribution in [1.82, 2.24) is 0 Å². The van der Waals surface area contributed by atoms with Gasteiger partial charge in [-0.05, 0) is 30.7 Å². The second kappa shape index (κ2) is 6.73. The quantitative estimate of drug-likeness (QED) is 0.744. The highest BCUT2D eigenvalue weighted by Crippen LogP contribution is 2.30. The zero-order valence-corrected chi connectivity index (χ0v) is 13.6. The third kappa shape index (κ3) is 3.25. The zero-order chi connectivity index (χ0) is 15.4. The lowest BCUT2D eigenvalue weighted by molar-refractivity contribution is 0.585. The molecule has 2 aromatic rings. The van der Waals surface area contributed by atoms with Crippen LogP contribution in [-0.4, -0.2) is 7.05 Å². The highest BCUT2D eigenvalue weighted by atomic mass is 79.9. The number of alkyl halides is 1. The molecule has 0 amide bonds. The van der Waals surface area contributed by atoms with E-state index >= 15 is 0 Å². The van der Waals surface area contributed by atoms with E-state index in [1.165, 1.54) is 6.07 Å². The van der Waals surface area contributed by atoms with Gasteiger partial charge in [-0.15, -0.1) is 0 Å². The smallest absolute Gasteiger partial charge is 0.128 e. The van der Waals surface area contributed by atoms with Crippen molar-refractivity contribution >= 4 is 21.6 Å². The van der Waals surface area contributed by atoms with Gasteiger partial charge in [-0.3, -0.25) is 0 Å². The fraction of sp³-hybridized carbons (Fsp3) is 0.235. The van der Waals surface area contributed by atoms with Gasteiger partial charge in [-0.2, -0.15) is 5.26 Å². The maximum absolute atomic E-state index is 13.9. The van der Waals surface area contributed by atoms with Crippen LogP contribution in [0.25, 0.3) is 0 Å². The van der Waals surface area contributed by atoms with Crippen molar-refractivity contribution in [3.05, 3.63) is 65.0 Å². The number of anilines is 1. The van der Waals surface area contributed by atoms with Crippen LogP contribution in [-0.2, 0) is 5.33 Å². The summed E-state index contributed by atoms with van der Waals surface area (Å²) < 4.78 is 13.9. The minimum absolute atomic E-state index is 0.159. The van der Waals surface area contributed by atoms with Gasteiger partial charge in [-0.25, -0.2) is 4.39 Å². The lowest BCUT2D eigenvalue weighted by atomic mass is 10.0. The minimum atomic E-state index is -0.229. The number of halogens is 2. The maximum atomic E-state index is 13.9. The van der Waals surface area contributed by atoms with E-state index in [1.807, 2.05) is 43.1 Å². The maximum Gasteiger partial charge on any atom is 0.128 e. The van der Waals surface area contributed by atoms with Crippen LogP contribution >= 0.6 is 15.9 Å². The molecule has 0 aliphatic carbocycles. The second-order valence-electron chi connectivity index (χ2n) is 4.91. The number of hydrogen-bond donors (Lipinski definition) is 0. The Balaban J connectivity index is 2.38. The summed E-state index contributed by atoms with van der Waals surface area (Å²) in [4.78, 5) is 1.93. The second-order valence-corrected chi connectivity index (χ2v) is 5.47. The predicted octanol–water partition coefficient (Wildman–Crippen LogP) is 4.79. The molecule has 1 atom stereocenters. The molecule has 0 heterocycles. The van der Waals surface area contributed by atoms with Crippen molar-refractivity contribution in [3.63, 3.8) is 0 Å². The first-order chi connectivity index (χ1) is 10.1. The third-order valence-corrected chi connectivity index (χ3v) is 4.30. The van der Waals surface area contributed by atoms with Crippen LogP contribution in [0, 0.1) is 17.1 Å². The highest BCUT2D eigenvalue weighted by molar-refractivity contribution is 9.08. The average molecular weight is 347 g/mol. The Morgan fingerprint density at radius 3 is 2.62 bits per heavy atom. The lowest BCUT2D eigenvalue weighted by Gasteiger charge is -2.28. The molecule has 0 aliphatic heterocycles. The number of rotatable bonds is 4. The van der Waals surface area contributed by atoms with E-state index in [1.54, 1.807) is 12.1 Å². The van der Waals surface area contributed by atoms with Crippen molar-refractivity contribution in [3.8, 4) is 6.07 Å². The van der Waals surface area contributed by atoms with Crippen LogP contribution in [0.1, 0.15) is 29.7 Å². The molecular formula is C17H16BrFN2. The standard InChI is InChI=1S/C17H16BrFN2/c1-12(15-5-3-4-6-16(15)19)21(2)17-8-7-13(10-18)9-14(17)11-20/h3-9,12H,10H2,1-2H3. The van der Waals surface area contributed by atoms with E-state index in [9.17, 15) is 9.65 Å². The number of nitriles is 1. The molecule has 2 nitrogen and oxygen atoms in total. The summed E-state index contributed by atoms with van der Waals surface area (Å²) in [5, 5.41) is 10.0. The van der Waals surface area contributed by atoms with Crippen LogP contribution < -0.4 is 4.90 Å². The van der Waals surface area contributed by atoms with Crippen LogP contribution in [0.3, 0.4) is 0 Å². The molecule has 0 aromatic heterocycles. The Bertz CT molecular complexity index is 679. The first-order valence-electron chi connectivity index (χ1n) is 6.64. The van der Waals surface area contributed by atoms with Gasteiger partial charge in [0, 0.05) is 17.9 Å². The Kier molecular flexibility index (Phi) is 4.98. The van der Waals surface area contributed by atoms with Crippen molar-refractivity contribution in [2.75, 3.05) is 11.9 Å². The van der Waals surface area contributed by atoms with Gasteiger partial charge in [0.1, 0.15) is 11.9 Å². The molecule has 0 saturated heterocycles. The molecule has 0 radical (unpaired) electrons. The SMILES string of the molecule is CC(c1ccccc1F)N(C)c1ccc(CBr)cc1C#N. The molecule has 4 heteroatoms. The summed E-state index contributed by atoms with van der Waals surface area (Å²) in [7, 11) is 1.88. The molecule has 2 aromatic carbocycles. The fourth-order valence-electron chi connectivity index (χ4n) is 2.29. The topological polar surface area (TPSA) is 27.0 Å². The molecule has 0 bridgehead atoms. The van der Waals surface area contributed by atoms with Crippen molar-refractivity contribution < 1.29 is 4.39 Å². The Morgan fingerprint density at radius 1 is 1.29 bits per heavy atom. The molecule has 0 aliphatic rings. The summed E-state index contributed by atoms with van der Waals surface area (Å²) >= 11 is 3.39. The molecule has 0 spiro atoms. The summed E-state index contributed by atoms with van der Waals surface area (Å²) in [6, 6.07) is 14.5. The zero-order valence-electron chi connectivity index (χ0n) is 12.0. The van der Waals surface area contributed by atoms with Crippen LogP contribution in [0.5, 0.6) is 0 Å². The van der Waals surface area contributed by atoms with Gasteiger partial charge in [0.15, 0.2) is 0 Å². The number of hydrogen-bond acceptors (Lipinski definition) is 2. The van der Waals surface area contributed by atoms with Crippen LogP contribution in [0.4, 0.5) is 10.1 Å². The van der Waals surface area contributed by atoms with E-state index in [4.69, 9.17) is 0 Å². The Hall–Kier alpha value is -1.86. The van der Waals surface area contributed by atoms with Crippen molar-refractivity contribution in [1.29, 1.82) is 5.26 Å². The normalized spacial score (nSPS) is 11.8. The van der Waals surface area contributed by atoms with Crippen molar-refractivity contribution in [2.24, 2.45) is 0 Å². The number of nitrogens with zero attached hydrogens (tertiary/aromatic N) is 2. The average Bonchev–Trinajstić information content (AvgIpc) is 2.53. The highest BCUT2D eigenvalue weighted by Gasteiger charge is 2.18. The van der Waals surface area contributed by atoms with Crippen LogP contribution in [0.15, 0.2) is 42.5 Å². The molecular weight excluding hydrogens is 331 g/mol. The molecule has 1 unspecified atom stereocenters. The summed E-state index contributed by atoms with van der Waals surface area (Å²) in [6.07, 6.45) is 0. The molecule has 21 heavy (non-hydrogen) atoms. The van der Waals surface area contributed by atoms with Gasteiger partial charge in [0.2, 0.25) is 0 Å². The van der Waals surface area contributed by atoms with E-state index < -0.39 is 0 Å². The monoisotopic (exact) mass is 346 g/mol. The van der Waals surface area contributed by atoms with E-state index in [2.05, 4.69) is 22.0 Å².